The van der Waals surface area contributed by atoms with Crippen molar-refractivity contribution in [1.82, 2.24) is 29.7 Å². The van der Waals surface area contributed by atoms with E-state index >= 15 is 0 Å². The molecular weight excluding hydrogens is 438 g/mol. The summed E-state index contributed by atoms with van der Waals surface area (Å²) >= 11 is 6.07. The second kappa shape index (κ2) is 7.71. The van der Waals surface area contributed by atoms with Crippen LogP contribution < -0.4 is 5.32 Å². The van der Waals surface area contributed by atoms with Crippen LogP contribution in [0.5, 0.6) is 0 Å². The van der Waals surface area contributed by atoms with Crippen molar-refractivity contribution >= 4 is 23.2 Å². The van der Waals surface area contributed by atoms with Crippen LogP contribution in [0.3, 0.4) is 0 Å². The Labute approximate surface area is 194 Å². The Hall–Kier alpha value is -3.70. The minimum Gasteiger partial charge on any atom is -0.347 e. The number of pyridine rings is 1. The molecule has 2 saturated carbocycles. The number of hydrogen-bond donors (Lipinski definition) is 1. The van der Waals surface area contributed by atoms with Gasteiger partial charge in [-0.1, -0.05) is 28.9 Å². The van der Waals surface area contributed by atoms with Gasteiger partial charge in [-0.3, -0.25) is 4.79 Å². The standard InChI is InChI=1S/C24H20ClN7O/c25-18-3-1-2-15(7-18)20-8-21(20)28-24(33)22-13-32(30-29-22)12-19-11-31-10-17(14-4-5-14)6-16(9-26)23(31)27-19/h1-3,6-7,10-11,13-14,20-21H,4-5,8,12H2,(H,28,33). The zero-order valence-electron chi connectivity index (χ0n) is 17.6. The minimum absolute atomic E-state index is 0.0737. The monoisotopic (exact) mass is 457 g/mol. The van der Waals surface area contributed by atoms with E-state index in [4.69, 9.17) is 11.6 Å². The first kappa shape index (κ1) is 19.9. The molecule has 3 aromatic heterocycles. The van der Waals surface area contributed by atoms with Gasteiger partial charge in [-0.25, -0.2) is 9.67 Å². The SMILES string of the molecule is N#Cc1cc(C2CC2)cn2cc(Cn3cc(C(=O)NC4CC4c4cccc(Cl)c4)nn3)nc12. The van der Waals surface area contributed by atoms with Crippen LogP contribution in [0, 0.1) is 11.3 Å². The summed E-state index contributed by atoms with van der Waals surface area (Å²) in [4.78, 5) is 17.2. The summed E-state index contributed by atoms with van der Waals surface area (Å²) < 4.78 is 3.50. The molecule has 0 saturated heterocycles. The van der Waals surface area contributed by atoms with Gasteiger partial charge in [-0.15, -0.1) is 5.10 Å². The van der Waals surface area contributed by atoms with Crippen LogP contribution in [0.4, 0.5) is 0 Å². The lowest BCUT2D eigenvalue weighted by atomic mass is 10.1. The van der Waals surface area contributed by atoms with Crippen LogP contribution in [-0.2, 0) is 6.54 Å². The summed E-state index contributed by atoms with van der Waals surface area (Å²) in [6.45, 7) is 0.361. The molecule has 33 heavy (non-hydrogen) atoms. The van der Waals surface area contributed by atoms with Crippen molar-refractivity contribution < 1.29 is 4.79 Å². The number of carbonyl (C=O) groups excluding carboxylic acids is 1. The van der Waals surface area contributed by atoms with E-state index in [1.807, 2.05) is 40.9 Å². The number of nitrogens with one attached hydrogen (secondary N) is 1. The van der Waals surface area contributed by atoms with Crippen molar-refractivity contribution in [3.63, 3.8) is 0 Å². The number of benzene rings is 1. The van der Waals surface area contributed by atoms with Crippen molar-refractivity contribution in [3.05, 3.63) is 82.0 Å². The van der Waals surface area contributed by atoms with E-state index < -0.39 is 0 Å². The van der Waals surface area contributed by atoms with Crippen LogP contribution in [0.15, 0.2) is 48.9 Å². The molecule has 0 bridgehead atoms. The molecule has 9 heteroatoms. The number of halogens is 1. The lowest BCUT2D eigenvalue weighted by Gasteiger charge is -2.03. The summed E-state index contributed by atoms with van der Waals surface area (Å²) in [6, 6.07) is 12.0. The number of nitrogens with zero attached hydrogens (tertiary/aromatic N) is 6. The van der Waals surface area contributed by atoms with Crippen LogP contribution in [0.2, 0.25) is 5.02 Å². The summed E-state index contributed by atoms with van der Waals surface area (Å²) in [5, 5.41) is 21.4. The fourth-order valence-electron chi connectivity index (χ4n) is 4.32. The Morgan fingerprint density at radius 1 is 1.21 bits per heavy atom. The summed E-state index contributed by atoms with van der Waals surface area (Å²) in [6.07, 6.45) is 8.80. The van der Waals surface area contributed by atoms with Gasteiger partial charge in [0, 0.05) is 29.4 Å². The number of aromatic nitrogens is 5. The van der Waals surface area contributed by atoms with E-state index in [0.717, 1.165) is 17.7 Å². The van der Waals surface area contributed by atoms with Gasteiger partial charge in [-0.05, 0) is 54.5 Å². The summed E-state index contributed by atoms with van der Waals surface area (Å²) in [5.74, 6) is 0.579. The average molecular weight is 458 g/mol. The highest BCUT2D eigenvalue weighted by Crippen LogP contribution is 2.42. The molecule has 1 N–H and O–H groups in total. The lowest BCUT2D eigenvalue weighted by Crippen LogP contribution is -2.26. The molecule has 8 nitrogen and oxygen atoms in total. The summed E-state index contributed by atoms with van der Waals surface area (Å²) in [7, 11) is 0. The van der Waals surface area contributed by atoms with Crippen LogP contribution in [-0.4, -0.2) is 36.3 Å². The van der Waals surface area contributed by atoms with E-state index in [0.29, 0.717) is 28.7 Å². The Morgan fingerprint density at radius 2 is 2.09 bits per heavy atom. The van der Waals surface area contributed by atoms with Gasteiger partial charge < -0.3 is 9.72 Å². The van der Waals surface area contributed by atoms with Gasteiger partial charge >= 0.3 is 0 Å². The predicted octanol–water partition coefficient (Wildman–Crippen LogP) is 3.66. The molecule has 0 spiro atoms. The zero-order chi connectivity index (χ0) is 22.5. The highest BCUT2D eigenvalue weighted by atomic mass is 35.5. The first-order valence-corrected chi connectivity index (χ1v) is 11.3. The first-order valence-electron chi connectivity index (χ1n) is 11.0. The molecule has 3 heterocycles. The Bertz CT molecular complexity index is 1430. The van der Waals surface area contributed by atoms with E-state index in [1.165, 1.54) is 18.4 Å². The maximum Gasteiger partial charge on any atom is 0.273 e. The number of rotatable bonds is 6. The van der Waals surface area contributed by atoms with Gasteiger partial charge in [-0.2, -0.15) is 5.26 Å². The Balaban J connectivity index is 1.14. The number of hydrogen-bond acceptors (Lipinski definition) is 5. The first-order chi connectivity index (χ1) is 16.1. The third-order valence-electron chi connectivity index (χ3n) is 6.27. The molecule has 2 aliphatic carbocycles. The minimum atomic E-state index is -0.244. The molecule has 2 fully saturated rings. The zero-order valence-corrected chi connectivity index (χ0v) is 18.4. The van der Waals surface area contributed by atoms with E-state index in [2.05, 4.69) is 32.9 Å². The van der Waals surface area contributed by atoms with Gasteiger partial charge in [0.1, 0.15) is 6.07 Å². The van der Waals surface area contributed by atoms with Crippen molar-refractivity contribution in [2.75, 3.05) is 0 Å². The van der Waals surface area contributed by atoms with Gasteiger partial charge in [0.2, 0.25) is 0 Å². The van der Waals surface area contributed by atoms with E-state index in [-0.39, 0.29) is 23.6 Å². The van der Waals surface area contributed by atoms with Crippen LogP contribution in [0.25, 0.3) is 5.65 Å². The third kappa shape index (κ3) is 3.96. The molecule has 0 aliphatic heterocycles. The highest BCUT2D eigenvalue weighted by Gasteiger charge is 2.40. The largest absolute Gasteiger partial charge is 0.347 e. The second-order valence-corrected chi connectivity index (χ2v) is 9.25. The van der Waals surface area contributed by atoms with Crippen LogP contribution in [0.1, 0.15) is 64.0 Å². The predicted molar refractivity (Wildman–Crippen MR) is 121 cm³/mol. The fraction of sp³-hybridized carbons (Fsp3) is 0.292. The highest BCUT2D eigenvalue weighted by molar-refractivity contribution is 6.30. The second-order valence-electron chi connectivity index (χ2n) is 8.81. The molecule has 2 atom stereocenters. The Morgan fingerprint density at radius 3 is 2.88 bits per heavy atom. The smallest absolute Gasteiger partial charge is 0.273 e. The Kier molecular flexibility index (Phi) is 4.66. The lowest BCUT2D eigenvalue weighted by molar-refractivity contribution is 0.0945. The normalized spacial score (nSPS) is 19.4. The number of amides is 1. The third-order valence-corrected chi connectivity index (χ3v) is 6.51. The fourth-order valence-corrected chi connectivity index (χ4v) is 4.52. The average Bonchev–Trinajstić information content (AvgIpc) is 3.71. The molecular formula is C24H20ClN7O. The molecule has 2 aliphatic rings. The van der Waals surface area contributed by atoms with E-state index in [9.17, 15) is 10.1 Å². The molecule has 164 valence electrons. The van der Waals surface area contributed by atoms with Crippen molar-refractivity contribution in [2.45, 2.75) is 43.7 Å². The number of fused-ring (bicyclic) bond motifs is 1. The van der Waals surface area contributed by atoms with Gasteiger partial charge in [0.05, 0.1) is 24.0 Å². The van der Waals surface area contributed by atoms with Crippen LogP contribution >= 0.6 is 11.6 Å². The maximum atomic E-state index is 12.6. The quantitative estimate of drug-likeness (QED) is 0.476. The molecule has 0 radical (unpaired) electrons. The van der Waals surface area contributed by atoms with Gasteiger partial charge in [0.15, 0.2) is 11.3 Å². The number of imidazole rings is 1. The summed E-state index contributed by atoms with van der Waals surface area (Å²) in [5.41, 5.74) is 4.53. The van der Waals surface area contributed by atoms with Crippen molar-refractivity contribution in [1.29, 1.82) is 5.26 Å². The van der Waals surface area contributed by atoms with Crippen molar-refractivity contribution in [3.8, 4) is 6.07 Å². The van der Waals surface area contributed by atoms with E-state index in [1.54, 1.807) is 10.9 Å². The molecule has 1 aromatic carbocycles. The number of nitriles is 1. The number of carbonyl (C=O) groups is 1. The molecule has 1 amide bonds. The molecule has 6 rings (SSSR count). The van der Waals surface area contributed by atoms with Crippen molar-refractivity contribution in [2.24, 2.45) is 0 Å². The maximum absolute atomic E-state index is 12.6. The molecule has 4 aromatic rings. The van der Waals surface area contributed by atoms with Gasteiger partial charge in [0.25, 0.3) is 5.91 Å². The molecule has 2 unspecified atom stereocenters. The topological polar surface area (TPSA) is 101 Å².